The summed E-state index contributed by atoms with van der Waals surface area (Å²) in [5.74, 6) is -0.0302. The Kier molecular flexibility index (Phi) is 6.70. The maximum Gasteiger partial charge on any atom is 0.291 e. The summed E-state index contributed by atoms with van der Waals surface area (Å²) in [7, 11) is 0. The maximum absolute atomic E-state index is 12.5. The van der Waals surface area contributed by atoms with Gasteiger partial charge in [0.25, 0.3) is 11.6 Å². The van der Waals surface area contributed by atoms with E-state index in [1.807, 2.05) is 37.3 Å². The largest absolute Gasteiger partial charge is 0.488 e. The number of benzene rings is 2. The van der Waals surface area contributed by atoms with Gasteiger partial charge in [-0.3, -0.25) is 14.9 Å². The molecule has 2 aromatic carbocycles. The second-order valence-electron chi connectivity index (χ2n) is 6.04. The molecule has 29 heavy (non-hydrogen) atoms. The number of amides is 1. The highest BCUT2D eigenvalue weighted by molar-refractivity contribution is 7.10. The van der Waals surface area contributed by atoms with Crippen LogP contribution in [0.5, 0.6) is 5.75 Å². The van der Waals surface area contributed by atoms with Crippen molar-refractivity contribution in [2.24, 2.45) is 5.10 Å². The zero-order chi connectivity index (χ0) is 20.6. The molecule has 0 aliphatic carbocycles. The fourth-order valence-corrected chi connectivity index (χ4v) is 3.61. The second kappa shape index (κ2) is 9.61. The number of para-hydroxylation sites is 1. The molecule has 3 aromatic rings. The molecule has 0 aliphatic rings. The number of ether oxygens (including phenoxy) is 1. The van der Waals surface area contributed by atoms with Gasteiger partial charge in [-0.15, -0.1) is 11.3 Å². The van der Waals surface area contributed by atoms with Crippen LogP contribution in [0.3, 0.4) is 0 Å². The van der Waals surface area contributed by atoms with Gasteiger partial charge in [0.15, 0.2) is 0 Å². The number of thiophene rings is 1. The van der Waals surface area contributed by atoms with Gasteiger partial charge in [-0.25, -0.2) is 5.43 Å². The number of carbonyl (C=O) groups excluding carboxylic acids is 1. The molecule has 1 amide bonds. The summed E-state index contributed by atoms with van der Waals surface area (Å²) in [4.78, 5) is 24.0. The molecule has 0 unspecified atom stereocenters. The Morgan fingerprint density at radius 2 is 1.93 bits per heavy atom. The molecule has 1 heterocycles. The fourth-order valence-electron chi connectivity index (χ4n) is 2.69. The first-order valence-electron chi connectivity index (χ1n) is 8.94. The molecule has 3 rings (SSSR count). The highest BCUT2D eigenvalue weighted by Gasteiger charge is 2.20. The van der Waals surface area contributed by atoms with Gasteiger partial charge < -0.3 is 4.74 Å². The maximum atomic E-state index is 12.5. The Labute approximate surface area is 171 Å². The van der Waals surface area contributed by atoms with Crippen LogP contribution in [0.25, 0.3) is 0 Å². The summed E-state index contributed by atoms with van der Waals surface area (Å²) in [5.41, 5.74) is 4.12. The minimum Gasteiger partial charge on any atom is -0.488 e. The summed E-state index contributed by atoms with van der Waals surface area (Å²) < 4.78 is 5.78. The number of hydrogen-bond donors (Lipinski definition) is 1. The molecule has 148 valence electrons. The lowest BCUT2D eigenvalue weighted by Crippen LogP contribution is -2.18. The van der Waals surface area contributed by atoms with Gasteiger partial charge in [0, 0.05) is 5.38 Å². The van der Waals surface area contributed by atoms with E-state index in [1.165, 1.54) is 17.6 Å². The number of nitrogens with one attached hydrogen (secondary N) is 1. The van der Waals surface area contributed by atoms with E-state index in [1.54, 1.807) is 29.6 Å². The van der Waals surface area contributed by atoms with Gasteiger partial charge in [0.05, 0.1) is 27.1 Å². The second-order valence-corrected chi connectivity index (χ2v) is 7.01. The lowest BCUT2D eigenvalue weighted by Gasteiger charge is -2.10. The van der Waals surface area contributed by atoms with E-state index < -0.39 is 10.8 Å². The lowest BCUT2D eigenvalue weighted by atomic mass is 10.2. The molecule has 0 saturated carbocycles. The van der Waals surface area contributed by atoms with Crippen LogP contribution in [0.15, 0.2) is 65.1 Å². The Balaban J connectivity index is 1.69. The molecule has 0 bridgehead atoms. The summed E-state index contributed by atoms with van der Waals surface area (Å²) >= 11 is 1.30. The summed E-state index contributed by atoms with van der Waals surface area (Å²) in [5, 5.41) is 16.8. The van der Waals surface area contributed by atoms with Crippen LogP contribution in [0.1, 0.15) is 33.3 Å². The number of aryl methyl sites for hydroxylation is 1. The first kappa shape index (κ1) is 20.2. The minimum absolute atomic E-state index is 0.0297. The van der Waals surface area contributed by atoms with Gasteiger partial charge in [0.1, 0.15) is 12.4 Å². The Morgan fingerprint density at radius 1 is 1.21 bits per heavy atom. The van der Waals surface area contributed by atoms with Crippen LogP contribution >= 0.6 is 11.3 Å². The number of carbonyl (C=O) groups is 1. The zero-order valence-electron chi connectivity index (χ0n) is 15.7. The SMILES string of the molecule is CCc1scc(/C=N\NC(=O)c2ccccc2OCc2ccccc2)c1[N+](=O)[O-]. The highest BCUT2D eigenvalue weighted by Crippen LogP contribution is 2.29. The highest BCUT2D eigenvalue weighted by atomic mass is 32.1. The first-order valence-corrected chi connectivity index (χ1v) is 9.82. The van der Waals surface area contributed by atoms with E-state index in [9.17, 15) is 14.9 Å². The number of hydrazone groups is 1. The minimum atomic E-state index is -0.460. The van der Waals surface area contributed by atoms with Gasteiger partial charge >= 0.3 is 0 Å². The number of rotatable bonds is 8. The van der Waals surface area contributed by atoms with Crippen molar-refractivity contribution in [2.75, 3.05) is 0 Å². The summed E-state index contributed by atoms with van der Waals surface area (Å²) in [6.45, 7) is 2.18. The van der Waals surface area contributed by atoms with Crippen molar-refractivity contribution in [3.63, 3.8) is 0 Å². The fraction of sp³-hybridized carbons (Fsp3) is 0.143. The molecule has 1 aromatic heterocycles. The topological polar surface area (TPSA) is 93.8 Å². The zero-order valence-corrected chi connectivity index (χ0v) is 16.5. The van der Waals surface area contributed by atoms with Gasteiger partial charge in [-0.05, 0) is 24.1 Å². The van der Waals surface area contributed by atoms with Gasteiger partial charge in [0.2, 0.25) is 0 Å². The quantitative estimate of drug-likeness (QED) is 0.335. The Morgan fingerprint density at radius 3 is 2.66 bits per heavy atom. The van der Waals surface area contributed by atoms with E-state index in [4.69, 9.17) is 4.74 Å². The molecule has 0 saturated heterocycles. The molecule has 0 aliphatic heterocycles. The Bertz CT molecular complexity index is 1030. The normalized spacial score (nSPS) is 10.8. The van der Waals surface area contributed by atoms with Crippen molar-refractivity contribution in [3.05, 3.63) is 91.7 Å². The number of nitro groups is 1. The Hall–Kier alpha value is -3.52. The molecule has 0 spiro atoms. The van der Waals surface area contributed by atoms with Crippen LogP contribution in [-0.2, 0) is 13.0 Å². The van der Waals surface area contributed by atoms with Crippen LogP contribution in [0.4, 0.5) is 5.69 Å². The van der Waals surface area contributed by atoms with Crippen molar-refractivity contribution >= 4 is 29.1 Å². The molecule has 0 atom stereocenters. The van der Waals surface area contributed by atoms with Crippen LogP contribution in [0, 0.1) is 10.1 Å². The smallest absolute Gasteiger partial charge is 0.291 e. The lowest BCUT2D eigenvalue weighted by molar-refractivity contribution is -0.385. The molecule has 0 radical (unpaired) electrons. The third kappa shape index (κ3) is 5.05. The molecular weight excluding hydrogens is 390 g/mol. The average Bonchev–Trinajstić information content (AvgIpc) is 3.16. The third-order valence-corrected chi connectivity index (χ3v) is 5.25. The van der Waals surface area contributed by atoms with Crippen molar-refractivity contribution in [1.82, 2.24) is 5.43 Å². The monoisotopic (exact) mass is 409 g/mol. The van der Waals surface area contributed by atoms with Crippen LogP contribution in [-0.4, -0.2) is 17.0 Å². The number of hydrogen-bond acceptors (Lipinski definition) is 6. The van der Waals surface area contributed by atoms with E-state index in [2.05, 4.69) is 10.5 Å². The molecular formula is C21H19N3O4S. The standard InChI is InChI=1S/C21H19N3O4S/c1-2-19-20(24(26)27)16(14-29-19)12-22-23-21(25)17-10-6-7-11-18(17)28-13-15-8-4-3-5-9-15/h3-12,14H,2,13H2,1H3,(H,23,25)/b22-12-. The van der Waals surface area contributed by atoms with E-state index in [0.29, 0.717) is 34.8 Å². The predicted octanol–water partition coefficient (Wildman–Crippen LogP) is 4.56. The van der Waals surface area contributed by atoms with Gasteiger partial charge in [-0.1, -0.05) is 49.4 Å². The van der Waals surface area contributed by atoms with Crippen molar-refractivity contribution < 1.29 is 14.5 Å². The van der Waals surface area contributed by atoms with Crippen molar-refractivity contribution in [1.29, 1.82) is 0 Å². The van der Waals surface area contributed by atoms with Crippen LogP contribution < -0.4 is 10.2 Å². The van der Waals surface area contributed by atoms with Crippen molar-refractivity contribution in [3.8, 4) is 5.75 Å². The molecule has 8 heteroatoms. The van der Waals surface area contributed by atoms with Crippen LogP contribution in [0.2, 0.25) is 0 Å². The van der Waals surface area contributed by atoms with E-state index >= 15 is 0 Å². The summed E-state index contributed by atoms with van der Waals surface area (Å²) in [6, 6.07) is 16.5. The summed E-state index contributed by atoms with van der Waals surface area (Å²) in [6.07, 6.45) is 1.85. The predicted molar refractivity (Wildman–Crippen MR) is 113 cm³/mol. The van der Waals surface area contributed by atoms with Gasteiger partial charge in [-0.2, -0.15) is 5.10 Å². The average molecular weight is 409 g/mol. The first-order chi connectivity index (χ1) is 14.1. The molecule has 1 N–H and O–H groups in total. The van der Waals surface area contributed by atoms with E-state index in [0.717, 1.165) is 5.56 Å². The van der Waals surface area contributed by atoms with E-state index in [-0.39, 0.29) is 5.69 Å². The number of nitrogens with zero attached hydrogens (tertiary/aromatic N) is 2. The molecule has 0 fully saturated rings. The molecule has 7 nitrogen and oxygen atoms in total. The van der Waals surface area contributed by atoms with Crippen molar-refractivity contribution in [2.45, 2.75) is 20.0 Å². The third-order valence-electron chi connectivity index (χ3n) is 4.11.